The summed E-state index contributed by atoms with van der Waals surface area (Å²) in [4.78, 5) is 11.7. The molecule has 0 unspecified atom stereocenters. The summed E-state index contributed by atoms with van der Waals surface area (Å²) in [5.41, 5.74) is 0.861. The highest BCUT2D eigenvalue weighted by atomic mass is 32.2. The number of benzene rings is 1. The molecule has 20 heavy (non-hydrogen) atoms. The third-order valence-corrected chi connectivity index (χ3v) is 5.03. The number of hydrogen-bond donors (Lipinski definition) is 2. The molecule has 0 saturated heterocycles. The van der Waals surface area contributed by atoms with Crippen LogP contribution in [0.5, 0.6) is 0 Å². The number of urea groups is 1. The van der Waals surface area contributed by atoms with Crippen molar-refractivity contribution < 1.29 is 13.2 Å². The van der Waals surface area contributed by atoms with Crippen molar-refractivity contribution in [3.05, 3.63) is 29.8 Å². The van der Waals surface area contributed by atoms with E-state index in [0.29, 0.717) is 18.0 Å². The van der Waals surface area contributed by atoms with Gasteiger partial charge in [0.2, 0.25) is 0 Å². The van der Waals surface area contributed by atoms with Crippen LogP contribution in [0.25, 0.3) is 0 Å². The normalized spacial score (nSPS) is 11.4. The van der Waals surface area contributed by atoms with Gasteiger partial charge in [0.1, 0.15) is 0 Å². The monoisotopic (exact) mass is 298 g/mol. The van der Waals surface area contributed by atoms with Gasteiger partial charge in [-0.05, 0) is 38.0 Å². The summed E-state index contributed by atoms with van der Waals surface area (Å²) < 4.78 is 23.9. The van der Waals surface area contributed by atoms with Gasteiger partial charge in [-0.1, -0.05) is 19.1 Å². The minimum Gasteiger partial charge on any atom is -0.338 e. The molecule has 1 rings (SSSR count). The Morgan fingerprint density at radius 1 is 1.15 bits per heavy atom. The van der Waals surface area contributed by atoms with Crippen LogP contribution >= 0.6 is 0 Å². The molecule has 0 aliphatic heterocycles. The van der Waals surface area contributed by atoms with Crippen LogP contribution in [0.3, 0.4) is 0 Å². The molecule has 0 spiro atoms. The highest BCUT2D eigenvalue weighted by Crippen LogP contribution is 2.16. The maximum absolute atomic E-state index is 11.9. The highest BCUT2D eigenvalue weighted by Gasteiger charge is 2.18. The van der Waals surface area contributed by atoms with E-state index in [1.54, 1.807) is 38.1 Å². The average Bonchev–Trinajstić information content (AvgIpc) is 2.43. The van der Waals surface area contributed by atoms with Gasteiger partial charge in [0.05, 0.1) is 10.1 Å². The molecular weight excluding hydrogens is 276 g/mol. The van der Waals surface area contributed by atoms with Gasteiger partial charge in [0, 0.05) is 13.1 Å². The predicted octanol–water partition coefficient (Wildman–Crippen LogP) is 2.08. The Morgan fingerprint density at radius 2 is 1.75 bits per heavy atom. The van der Waals surface area contributed by atoms with Gasteiger partial charge in [-0.25, -0.2) is 13.2 Å². The van der Waals surface area contributed by atoms with Crippen LogP contribution in [0.2, 0.25) is 0 Å². The van der Waals surface area contributed by atoms with Crippen molar-refractivity contribution in [2.75, 3.05) is 6.54 Å². The summed E-state index contributed by atoms with van der Waals surface area (Å²) in [5, 5.41) is 4.98. The molecule has 0 aliphatic carbocycles. The van der Waals surface area contributed by atoms with Crippen LogP contribution in [0.4, 0.5) is 4.79 Å². The fourth-order valence-corrected chi connectivity index (χ4v) is 2.61. The number of nitrogens with one attached hydrogen (secondary N) is 2. The first-order chi connectivity index (χ1) is 9.37. The number of carbonyl (C=O) groups is 1. The Kier molecular flexibility index (Phi) is 6.01. The summed E-state index contributed by atoms with van der Waals surface area (Å²) in [7, 11) is -3.24. The number of rotatable bonds is 6. The fourth-order valence-electron chi connectivity index (χ4n) is 1.55. The number of sulfone groups is 1. The largest absolute Gasteiger partial charge is 0.338 e. The second kappa shape index (κ2) is 7.28. The molecule has 5 nitrogen and oxygen atoms in total. The lowest BCUT2D eigenvalue weighted by Crippen LogP contribution is -2.35. The van der Waals surface area contributed by atoms with Gasteiger partial charge in [0.15, 0.2) is 9.84 Å². The Labute approximate surface area is 120 Å². The van der Waals surface area contributed by atoms with E-state index in [1.807, 2.05) is 6.92 Å². The Balaban J connectivity index is 2.62. The lowest BCUT2D eigenvalue weighted by atomic mass is 10.2. The SMILES string of the molecule is CCCNC(=O)NCc1ccc(S(=O)(=O)C(C)C)cc1. The Morgan fingerprint density at radius 3 is 2.25 bits per heavy atom. The molecule has 0 saturated carbocycles. The van der Waals surface area contributed by atoms with Gasteiger partial charge in [-0.3, -0.25) is 0 Å². The first-order valence-corrected chi connectivity index (χ1v) is 8.27. The van der Waals surface area contributed by atoms with Crippen molar-refractivity contribution >= 4 is 15.9 Å². The maximum atomic E-state index is 11.9. The van der Waals surface area contributed by atoms with Gasteiger partial charge < -0.3 is 10.6 Å². The fraction of sp³-hybridized carbons (Fsp3) is 0.500. The zero-order chi connectivity index (χ0) is 15.2. The van der Waals surface area contributed by atoms with Gasteiger partial charge in [0.25, 0.3) is 0 Å². The van der Waals surface area contributed by atoms with Crippen LogP contribution in [0.1, 0.15) is 32.8 Å². The highest BCUT2D eigenvalue weighted by molar-refractivity contribution is 7.92. The molecule has 0 aromatic heterocycles. The van der Waals surface area contributed by atoms with Crippen LogP contribution < -0.4 is 10.6 Å². The average molecular weight is 298 g/mol. The lowest BCUT2D eigenvalue weighted by molar-refractivity contribution is 0.240. The van der Waals surface area contributed by atoms with E-state index >= 15 is 0 Å². The maximum Gasteiger partial charge on any atom is 0.315 e. The Bertz CT molecular complexity index is 536. The summed E-state index contributed by atoms with van der Waals surface area (Å²) in [6.45, 7) is 6.30. The Hall–Kier alpha value is -1.56. The lowest BCUT2D eigenvalue weighted by Gasteiger charge is -2.09. The first-order valence-electron chi connectivity index (χ1n) is 6.72. The van der Waals surface area contributed by atoms with Crippen molar-refractivity contribution in [3.63, 3.8) is 0 Å². The van der Waals surface area contributed by atoms with E-state index in [0.717, 1.165) is 12.0 Å². The molecule has 2 N–H and O–H groups in total. The van der Waals surface area contributed by atoms with Gasteiger partial charge in [-0.15, -0.1) is 0 Å². The molecule has 112 valence electrons. The topological polar surface area (TPSA) is 75.3 Å². The van der Waals surface area contributed by atoms with E-state index in [1.165, 1.54) is 0 Å². The molecule has 2 amide bonds. The third kappa shape index (κ3) is 4.52. The molecule has 6 heteroatoms. The standard InChI is InChI=1S/C14H22N2O3S/c1-4-9-15-14(17)16-10-12-5-7-13(8-6-12)20(18,19)11(2)3/h5-8,11H,4,9-10H2,1-3H3,(H2,15,16,17). The number of amides is 2. The molecule has 0 heterocycles. The summed E-state index contributed by atoms with van der Waals surface area (Å²) in [6.07, 6.45) is 0.884. The molecule has 0 atom stereocenters. The molecule has 0 radical (unpaired) electrons. The summed E-state index contributed by atoms with van der Waals surface area (Å²) in [5.74, 6) is 0. The minimum atomic E-state index is -3.24. The van der Waals surface area contributed by atoms with Crippen molar-refractivity contribution in [1.82, 2.24) is 10.6 Å². The van der Waals surface area contributed by atoms with E-state index in [-0.39, 0.29) is 6.03 Å². The van der Waals surface area contributed by atoms with Crippen LogP contribution in [-0.4, -0.2) is 26.2 Å². The third-order valence-electron chi connectivity index (χ3n) is 2.86. The van der Waals surface area contributed by atoms with Crippen LogP contribution in [-0.2, 0) is 16.4 Å². The molecule has 0 bridgehead atoms. The molecule has 1 aromatic carbocycles. The predicted molar refractivity (Wildman–Crippen MR) is 79.3 cm³/mol. The van der Waals surface area contributed by atoms with E-state index in [2.05, 4.69) is 10.6 Å². The summed E-state index contributed by atoms with van der Waals surface area (Å²) in [6, 6.07) is 6.38. The van der Waals surface area contributed by atoms with E-state index in [9.17, 15) is 13.2 Å². The van der Waals surface area contributed by atoms with Crippen LogP contribution in [0, 0.1) is 0 Å². The van der Waals surface area contributed by atoms with Crippen molar-refractivity contribution in [2.24, 2.45) is 0 Å². The molecular formula is C14H22N2O3S. The van der Waals surface area contributed by atoms with Crippen LogP contribution in [0.15, 0.2) is 29.2 Å². The quantitative estimate of drug-likeness (QED) is 0.844. The van der Waals surface area contributed by atoms with E-state index < -0.39 is 15.1 Å². The van der Waals surface area contributed by atoms with Crippen molar-refractivity contribution in [2.45, 2.75) is 43.9 Å². The van der Waals surface area contributed by atoms with Gasteiger partial charge in [-0.2, -0.15) is 0 Å². The smallest absolute Gasteiger partial charge is 0.315 e. The van der Waals surface area contributed by atoms with Crippen molar-refractivity contribution in [1.29, 1.82) is 0 Å². The molecule has 0 fully saturated rings. The minimum absolute atomic E-state index is 0.217. The van der Waals surface area contributed by atoms with Gasteiger partial charge >= 0.3 is 6.03 Å². The van der Waals surface area contributed by atoms with E-state index in [4.69, 9.17) is 0 Å². The number of carbonyl (C=O) groups excluding carboxylic acids is 1. The number of hydrogen-bond acceptors (Lipinski definition) is 3. The zero-order valence-corrected chi connectivity index (χ0v) is 13.0. The second-order valence-electron chi connectivity index (χ2n) is 4.85. The molecule has 1 aromatic rings. The summed E-state index contributed by atoms with van der Waals surface area (Å²) >= 11 is 0. The van der Waals surface area contributed by atoms with Crippen molar-refractivity contribution in [3.8, 4) is 0 Å². The first kappa shape index (κ1) is 16.5. The second-order valence-corrected chi connectivity index (χ2v) is 7.35. The molecule has 0 aliphatic rings. The zero-order valence-electron chi connectivity index (χ0n) is 12.1.